The van der Waals surface area contributed by atoms with Crippen LogP contribution in [0.2, 0.25) is 0 Å². The van der Waals surface area contributed by atoms with Gasteiger partial charge in [-0.2, -0.15) is 0 Å². The van der Waals surface area contributed by atoms with Crippen molar-refractivity contribution in [1.82, 2.24) is 5.48 Å². The molecule has 0 heterocycles. The number of aliphatic hydroxyl groups excluding tert-OH is 2. The Morgan fingerprint density at radius 3 is 2.95 bits per heavy atom. The van der Waals surface area contributed by atoms with Crippen LogP contribution < -0.4 is 5.48 Å². The molecule has 0 aromatic heterocycles. The van der Waals surface area contributed by atoms with E-state index in [1.165, 1.54) is 0 Å². The lowest BCUT2D eigenvalue weighted by atomic mass is 9.83. The Bertz CT molecular complexity index is 415. The van der Waals surface area contributed by atoms with Crippen LogP contribution in [0.25, 0.3) is 0 Å². The third-order valence-corrected chi connectivity index (χ3v) is 3.59. The molecule has 0 radical (unpaired) electrons. The molecule has 0 aliphatic heterocycles. The number of aliphatic carboxylic acids is 1. The number of carboxylic acid groups (broad SMARTS) is 1. The van der Waals surface area contributed by atoms with E-state index in [9.17, 15) is 15.0 Å². The van der Waals surface area contributed by atoms with E-state index in [1.807, 2.05) is 6.08 Å². The minimum Gasteiger partial charge on any atom is -0.479 e. The maximum atomic E-state index is 10.3. The number of rotatable bonds is 6. The first-order valence-corrected chi connectivity index (χ1v) is 6.35. The van der Waals surface area contributed by atoms with Crippen molar-refractivity contribution in [1.29, 1.82) is 0 Å². The van der Waals surface area contributed by atoms with Crippen LogP contribution >= 0.6 is 0 Å². The van der Waals surface area contributed by atoms with Gasteiger partial charge in [-0.3, -0.25) is 10.3 Å². The van der Waals surface area contributed by atoms with E-state index < -0.39 is 24.8 Å². The third kappa shape index (κ3) is 3.15. The average Bonchev–Trinajstić information content (AvgIpc) is 2.54. The Labute approximate surface area is 111 Å². The van der Waals surface area contributed by atoms with Crippen molar-refractivity contribution in [2.24, 2.45) is 11.8 Å². The minimum absolute atomic E-state index is 0.00775. The molecule has 106 valence electrons. The summed E-state index contributed by atoms with van der Waals surface area (Å²) in [5.41, 5.74) is 4.61. The molecule has 0 aromatic carbocycles. The molecule has 1 saturated carbocycles. The van der Waals surface area contributed by atoms with Crippen molar-refractivity contribution in [3.63, 3.8) is 0 Å². The van der Waals surface area contributed by atoms with E-state index >= 15 is 0 Å². The first-order valence-electron chi connectivity index (χ1n) is 6.35. The summed E-state index contributed by atoms with van der Waals surface area (Å²) < 4.78 is 0. The zero-order valence-corrected chi connectivity index (χ0v) is 10.7. The minimum atomic E-state index is -1.03. The normalized spacial score (nSPS) is 31.2. The highest BCUT2D eigenvalue weighted by Crippen LogP contribution is 2.48. The zero-order valence-electron chi connectivity index (χ0n) is 10.7. The second kappa shape index (κ2) is 5.73. The van der Waals surface area contributed by atoms with Crippen LogP contribution in [0.5, 0.6) is 0 Å². The van der Waals surface area contributed by atoms with Gasteiger partial charge < -0.3 is 15.3 Å². The molecule has 0 saturated heterocycles. The number of carbonyl (C=O) groups is 1. The third-order valence-electron chi connectivity index (χ3n) is 3.59. The fourth-order valence-corrected chi connectivity index (χ4v) is 2.62. The van der Waals surface area contributed by atoms with E-state index in [0.29, 0.717) is 12.8 Å². The van der Waals surface area contributed by atoms with Gasteiger partial charge in [0.05, 0.1) is 12.2 Å². The number of aliphatic hydroxyl groups is 2. The van der Waals surface area contributed by atoms with Gasteiger partial charge in [-0.25, -0.2) is 4.79 Å². The lowest BCUT2D eigenvalue weighted by Gasteiger charge is -2.30. The fraction of sp³-hybridized carbons (Fsp3) is 0.615. The van der Waals surface area contributed by atoms with E-state index in [4.69, 9.17) is 9.94 Å². The van der Waals surface area contributed by atoms with E-state index in [0.717, 1.165) is 11.3 Å². The molecule has 2 aliphatic rings. The number of hydrogen-bond donors (Lipinski definition) is 4. The van der Waals surface area contributed by atoms with Crippen LogP contribution in [-0.4, -0.2) is 40.1 Å². The Morgan fingerprint density at radius 1 is 1.58 bits per heavy atom. The van der Waals surface area contributed by atoms with E-state index in [2.05, 4.69) is 5.48 Å². The standard InChI is InChI=1S/C13H19NO5/c1-7(15)2-3-8-4-9-10(13(8)18)5-11(9)14-19-6-12(16)17/h2-3,7-8,10,13-15,18H,4-6H2,1H3,(H,16,17)/t7?,8?,10-,13?/m1/s1. The van der Waals surface area contributed by atoms with E-state index in [-0.39, 0.29) is 11.8 Å². The largest absolute Gasteiger partial charge is 0.479 e. The van der Waals surface area contributed by atoms with Crippen molar-refractivity contribution in [3.8, 4) is 0 Å². The van der Waals surface area contributed by atoms with Gasteiger partial charge in [-0.15, -0.1) is 0 Å². The molecule has 2 rings (SSSR count). The Morgan fingerprint density at radius 2 is 2.32 bits per heavy atom. The van der Waals surface area contributed by atoms with Crippen molar-refractivity contribution in [2.45, 2.75) is 32.0 Å². The summed E-state index contributed by atoms with van der Waals surface area (Å²) in [4.78, 5) is 15.1. The highest BCUT2D eigenvalue weighted by atomic mass is 16.7. The van der Waals surface area contributed by atoms with Gasteiger partial charge in [0.15, 0.2) is 6.61 Å². The summed E-state index contributed by atoms with van der Waals surface area (Å²) in [6.07, 6.45) is 3.96. The maximum absolute atomic E-state index is 10.3. The van der Waals surface area contributed by atoms with Gasteiger partial charge in [0, 0.05) is 17.5 Å². The molecule has 1 fully saturated rings. The predicted octanol–water partition coefficient (Wildman–Crippen LogP) is 0.184. The van der Waals surface area contributed by atoms with Crippen LogP contribution in [0.15, 0.2) is 23.4 Å². The second-order valence-electron chi connectivity index (χ2n) is 5.08. The van der Waals surface area contributed by atoms with E-state index in [1.54, 1.807) is 13.0 Å². The first-order chi connectivity index (χ1) is 8.99. The van der Waals surface area contributed by atoms with Gasteiger partial charge in [-0.05, 0) is 25.3 Å². The van der Waals surface area contributed by atoms with Crippen LogP contribution in [0, 0.1) is 11.8 Å². The predicted molar refractivity (Wildman–Crippen MR) is 66.8 cm³/mol. The number of nitrogens with one attached hydrogen (secondary N) is 1. The van der Waals surface area contributed by atoms with Crippen LogP contribution in [-0.2, 0) is 9.63 Å². The molecule has 4 atom stereocenters. The van der Waals surface area contributed by atoms with Gasteiger partial charge in [0.2, 0.25) is 0 Å². The molecule has 0 spiro atoms. The number of fused-ring (bicyclic) bond motifs is 1. The lowest BCUT2D eigenvalue weighted by molar-refractivity contribution is -0.144. The number of carboxylic acids is 1. The van der Waals surface area contributed by atoms with Crippen molar-refractivity contribution >= 4 is 5.97 Å². The quantitative estimate of drug-likeness (QED) is 0.406. The summed E-state index contributed by atoms with van der Waals surface area (Å²) in [5.74, 6) is -0.897. The molecule has 0 aromatic rings. The molecule has 0 amide bonds. The number of hydroxylamine groups is 1. The lowest BCUT2D eigenvalue weighted by Crippen LogP contribution is -2.32. The highest BCUT2D eigenvalue weighted by molar-refractivity contribution is 5.67. The van der Waals surface area contributed by atoms with Crippen molar-refractivity contribution in [3.05, 3.63) is 23.4 Å². The Balaban J connectivity index is 1.90. The van der Waals surface area contributed by atoms with Gasteiger partial charge >= 0.3 is 5.97 Å². The first kappa shape index (κ1) is 14.0. The molecular weight excluding hydrogens is 250 g/mol. The molecule has 4 N–H and O–H groups in total. The zero-order chi connectivity index (χ0) is 14.0. The number of hydrogen-bond acceptors (Lipinski definition) is 5. The van der Waals surface area contributed by atoms with Crippen molar-refractivity contribution < 1.29 is 25.0 Å². The molecule has 3 unspecified atom stereocenters. The summed E-state index contributed by atoms with van der Waals surface area (Å²) in [7, 11) is 0. The fourth-order valence-electron chi connectivity index (χ4n) is 2.62. The highest BCUT2D eigenvalue weighted by Gasteiger charge is 2.44. The molecular formula is C13H19NO5. The Hall–Kier alpha value is -1.37. The van der Waals surface area contributed by atoms with Gasteiger partial charge in [0.1, 0.15) is 0 Å². The summed E-state index contributed by atoms with van der Waals surface area (Å²) in [6.45, 7) is 1.27. The molecule has 6 heteroatoms. The van der Waals surface area contributed by atoms with Crippen LogP contribution in [0.3, 0.4) is 0 Å². The van der Waals surface area contributed by atoms with Crippen LogP contribution in [0.1, 0.15) is 19.8 Å². The molecule has 0 bridgehead atoms. The topological polar surface area (TPSA) is 99.0 Å². The number of allylic oxidation sites excluding steroid dienone is 1. The monoisotopic (exact) mass is 269 g/mol. The van der Waals surface area contributed by atoms with Crippen LogP contribution in [0.4, 0.5) is 0 Å². The van der Waals surface area contributed by atoms with Gasteiger partial charge in [-0.1, -0.05) is 12.2 Å². The summed E-state index contributed by atoms with van der Waals surface area (Å²) in [6, 6.07) is 0. The maximum Gasteiger partial charge on any atom is 0.332 e. The molecule has 19 heavy (non-hydrogen) atoms. The smallest absolute Gasteiger partial charge is 0.332 e. The second-order valence-corrected chi connectivity index (χ2v) is 5.08. The van der Waals surface area contributed by atoms with Gasteiger partial charge in [0.25, 0.3) is 0 Å². The summed E-state index contributed by atoms with van der Waals surface area (Å²) >= 11 is 0. The summed E-state index contributed by atoms with van der Waals surface area (Å²) in [5, 5.41) is 27.7. The SMILES string of the molecule is CC(O)C=CC1CC2=C(NOCC(=O)O)C[C@H]2C1O. The molecule has 6 nitrogen and oxygen atoms in total. The van der Waals surface area contributed by atoms with Crippen molar-refractivity contribution in [2.75, 3.05) is 6.61 Å². The molecule has 2 aliphatic carbocycles. The Kier molecular flexibility index (Phi) is 4.24. The average molecular weight is 269 g/mol.